The minimum Gasteiger partial charge on any atom is -0.462 e. The highest BCUT2D eigenvalue weighted by atomic mass is 79.9. The maximum atomic E-state index is 11.9. The number of halogens is 1. The van der Waals surface area contributed by atoms with Crippen LogP contribution >= 0.6 is 15.9 Å². The Kier molecular flexibility index (Phi) is 6.61. The molecule has 0 amide bonds. The summed E-state index contributed by atoms with van der Waals surface area (Å²) in [6.45, 7) is 3.65. The Bertz CT molecular complexity index is 589. The van der Waals surface area contributed by atoms with E-state index in [1.54, 1.807) is 6.92 Å². The summed E-state index contributed by atoms with van der Waals surface area (Å²) < 4.78 is 10.6. The van der Waals surface area contributed by atoms with Crippen LogP contribution in [-0.4, -0.2) is 36.4 Å². The van der Waals surface area contributed by atoms with Crippen LogP contribution in [0.15, 0.2) is 41.7 Å². The molecule has 124 valence electrons. The van der Waals surface area contributed by atoms with E-state index >= 15 is 0 Å². The molecule has 7 heteroatoms. The number of rotatable bonds is 7. The molecule has 0 aromatic heterocycles. The Labute approximate surface area is 143 Å². The second-order valence-corrected chi connectivity index (χ2v) is 5.80. The van der Waals surface area contributed by atoms with E-state index in [0.717, 1.165) is 5.56 Å². The highest BCUT2D eigenvalue weighted by Gasteiger charge is 2.26. The van der Waals surface area contributed by atoms with Gasteiger partial charge in [-0.2, -0.15) is 0 Å². The molecule has 1 aromatic rings. The number of hydrogen-bond acceptors (Lipinski definition) is 6. The van der Waals surface area contributed by atoms with Crippen LogP contribution in [0.3, 0.4) is 0 Å². The Balaban J connectivity index is 1.90. The fourth-order valence-electron chi connectivity index (χ4n) is 2.19. The van der Waals surface area contributed by atoms with Crippen molar-refractivity contribution in [2.24, 2.45) is 0 Å². The van der Waals surface area contributed by atoms with Gasteiger partial charge in [-0.05, 0) is 28.4 Å². The van der Waals surface area contributed by atoms with Gasteiger partial charge >= 0.3 is 5.97 Å². The average Bonchev–Trinajstić information content (AvgIpc) is 2.97. The van der Waals surface area contributed by atoms with Crippen LogP contribution in [0.4, 0.5) is 0 Å². The van der Waals surface area contributed by atoms with E-state index in [-0.39, 0.29) is 22.8 Å². The molecule has 3 N–H and O–H groups in total. The number of carbonyl (C=O) groups is 1. The van der Waals surface area contributed by atoms with E-state index in [1.165, 1.54) is 0 Å². The monoisotopic (exact) mass is 381 g/mol. The van der Waals surface area contributed by atoms with E-state index < -0.39 is 5.97 Å². The van der Waals surface area contributed by atoms with Gasteiger partial charge in [0.15, 0.2) is 0 Å². The molecule has 23 heavy (non-hydrogen) atoms. The van der Waals surface area contributed by atoms with E-state index in [4.69, 9.17) is 14.9 Å². The molecule has 0 radical (unpaired) electrons. The van der Waals surface area contributed by atoms with Crippen LogP contribution in [0.25, 0.3) is 0 Å². The molecule has 2 rings (SSSR count). The zero-order chi connectivity index (χ0) is 16.7. The predicted molar refractivity (Wildman–Crippen MR) is 91.3 cm³/mol. The number of hydrogen-bond donors (Lipinski definition) is 3. The summed E-state index contributed by atoms with van der Waals surface area (Å²) in [5, 5.41) is 14.0. The minimum absolute atomic E-state index is 0.0168. The van der Waals surface area contributed by atoms with Crippen LogP contribution < -0.4 is 10.6 Å². The van der Waals surface area contributed by atoms with Crippen molar-refractivity contribution >= 4 is 26.5 Å². The van der Waals surface area contributed by atoms with Crippen LogP contribution in [0.1, 0.15) is 12.5 Å². The minimum atomic E-state index is -0.532. The molecule has 0 aliphatic carbocycles. The molecule has 1 atom stereocenters. The number of nitrogens with one attached hydrogen (secondary N) is 3. The first-order chi connectivity index (χ1) is 11.1. The highest BCUT2D eigenvalue weighted by molar-refractivity contribution is 9.18. The fraction of sp³-hybridized carbons (Fsp3) is 0.375. The maximum Gasteiger partial charge on any atom is 0.344 e. The topological polar surface area (TPSA) is 83.4 Å². The van der Waals surface area contributed by atoms with Crippen molar-refractivity contribution in [3.8, 4) is 0 Å². The van der Waals surface area contributed by atoms with Crippen molar-refractivity contribution in [1.29, 1.82) is 5.41 Å². The molecule has 1 aliphatic rings. The van der Waals surface area contributed by atoms with Crippen molar-refractivity contribution in [3.05, 3.63) is 47.3 Å². The third-order valence-corrected chi connectivity index (χ3v) is 3.65. The predicted octanol–water partition coefficient (Wildman–Crippen LogP) is 1.91. The largest absolute Gasteiger partial charge is 0.462 e. The first-order valence-electron chi connectivity index (χ1n) is 7.39. The number of benzene rings is 1. The lowest BCUT2D eigenvalue weighted by molar-refractivity contribution is -0.137. The van der Waals surface area contributed by atoms with Crippen LogP contribution in [0.2, 0.25) is 0 Å². The van der Waals surface area contributed by atoms with Crippen molar-refractivity contribution < 1.29 is 14.3 Å². The first-order valence-corrected chi connectivity index (χ1v) is 8.19. The molecule has 1 saturated heterocycles. The van der Waals surface area contributed by atoms with Gasteiger partial charge in [0.25, 0.3) is 0 Å². The number of ether oxygens (including phenoxy) is 2. The van der Waals surface area contributed by atoms with Crippen molar-refractivity contribution in [1.82, 2.24) is 10.6 Å². The van der Waals surface area contributed by atoms with Gasteiger partial charge in [-0.1, -0.05) is 30.3 Å². The summed E-state index contributed by atoms with van der Waals surface area (Å²) in [5.41, 5.74) is 1.28. The molecule has 0 spiro atoms. The van der Waals surface area contributed by atoms with Gasteiger partial charge in [0.2, 0.25) is 0 Å². The Hall–Kier alpha value is -1.86. The van der Waals surface area contributed by atoms with Gasteiger partial charge < -0.3 is 20.1 Å². The SMILES string of the molecule is CCOC(=O)/C(C(=N)Br)=C1\NCC(COCc2ccccc2)N1. The molecule has 1 heterocycles. The lowest BCUT2D eigenvalue weighted by Gasteiger charge is -2.12. The third kappa shape index (κ3) is 5.07. The summed E-state index contributed by atoms with van der Waals surface area (Å²) >= 11 is 3.04. The molecule has 0 bridgehead atoms. The fourth-order valence-corrected chi connectivity index (χ4v) is 2.55. The van der Waals surface area contributed by atoms with Crippen molar-refractivity contribution in [2.75, 3.05) is 19.8 Å². The summed E-state index contributed by atoms with van der Waals surface area (Å²) in [6, 6.07) is 9.97. The van der Waals surface area contributed by atoms with Crippen molar-refractivity contribution in [3.63, 3.8) is 0 Å². The van der Waals surface area contributed by atoms with Gasteiger partial charge in [0.05, 0.1) is 25.9 Å². The smallest absolute Gasteiger partial charge is 0.344 e. The van der Waals surface area contributed by atoms with E-state index in [0.29, 0.717) is 25.6 Å². The molecule has 6 nitrogen and oxygen atoms in total. The van der Waals surface area contributed by atoms with E-state index in [9.17, 15) is 4.79 Å². The van der Waals surface area contributed by atoms with Crippen LogP contribution in [0, 0.1) is 5.41 Å². The summed E-state index contributed by atoms with van der Waals surface area (Å²) in [6.07, 6.45) is 0. The molecule has 1 unspecified atom stereocenters. The third-order valence-electron chi connectivity index (χ3n) is 3.25. The molecular formula is C16H20BrN3O3. The quantitative estimate of drug-likeness (QED) is 0.381. The molecular weight excluding hydrogens is 362 g/mol. The Morgan fingerprint density at radius 2 is 2.13 bits per heavy atom. The maximum absolute atomic E-state index is 11.9. The zero-order valence-corrected chi connectivity index (χ0v) is 14.5. The molecule has 1 aromatic carbocycles. The summed E-state index contributed by atoms with van der Waals surface area (Å²) in [5.74, 6) is -0.0335. The summed E-state index contributed by atoms with van der Waals surface area (Å²) in [7, 11) is 0. The van der Waals surface area contributed by atoms with Crippen LogP contribution in [0.5, 0.6) is 0 Å². The Morgan fingerprint density at radius 1 is 1.39 bits per heavy atom. The summed E-state index contributed by atoms with van der Waals surface area (Å²) in [4.78, 5) is 11.9. The standard InChI is InChI=1S/C16H20BrN3O3/c1-2-23-16(21)13(14(17)18)15-19-8-12(20-15)10-22-9-11-6-4-3-5-7-11/h3-7,12,18-20H,2,8-10H2,1H3/b15-13+,18-14?. The first kappa shape index (κ1) is 17.5. The van der Waals surface area contributed by atoms with Gasteiger partial charge in [-0.15, -0.1) is 0 Å². The Morgan fingerprint density at radius 3 is 2.78 bits per heavy atom. The van der Waals surface area contributed by atoms with Gasteiger partial charge in [0, 0.05) is 6.54 Å². The lowest BCUT2D eigenvalue weighted by Crippen LogP contribution is -2.30. The lowest BCUT2D eigenvalue weighted by atomic mass is 10.2. The second kappa shape index (κ2) is 8.69. The normalized spacial score (nSPS) is 18.8. The zero-order valence-electron chi connectivity index (χ0n) is 12.9. The number of esters is 1. The van der Waals surface area contributed by atoms with E-state index in [2.05, 4.69) is 26.6 Å². The molecule has 1 fully saturated rings. The highest BCUT2D eigenvalue weighted by Crippen LogP contribution is 2.13. The van der Waals surface area contributed by atoms with Gasteiger partial charge in [0.1, 0.15) is 16.0 Å². The molecule has 1 aliphatic heterocycles. The average molecular weight is 382 g/mol. The second-order valence-electron chi connectivity index (χ2n) is 5.01. The molecule has 0 saturated carbocycles. The van der Waals surface area contributed by atoms with Crippen LogP contribution in [-0.2, 0) is 20.9 Å². The van der Waals surface area contributed by atoms with Gasteiger partial charge in [-0.25, -0.2) is 4.79 Å². The van der Waals surface area contributed by atoms with E-state index in [1.807, 2.05) is 30.3 Å². The number of carbonyl (C=O) groups excluding carboxylic acids is 1. The van der Waals surface area contributed by atoms with Gasteiger partial charge in [-0.3, -0.25) is 5.41 Å². The van der Waals surface area contributed by atoms with Crippen molar-refractivity contribution in [2.45, 2.75) is 19.6 Å².